The van der Waals surface area contributed by atoms with Crippen LogP contribution >= 0.6 is 23.2 Å². The highest BCUT2D eigenvalue weighted by atomic mass is 35.5. The van der Waals surface area contributed by atoms with Crippen molar-refractivity contribution in [2.75, 3.05) is 0 Å². The van der Waals surface area contributed by atoms with Gasteiger partial charge in [-0.3, -0.25) is 4.79 Å². The summed E-state index contributed by atoms with van der Waals surface area (Å²) in [5, 5.41) is 6.25. The molecule has 3 aromatic carbocycles. The van der Waals surface area contributed by atoms with Crippen LogP contribution in [0.15, 0.2) is 84.1 Å². The van der Waals surface area contributed by atoms with Crippen molar-refractivity contribution in [2.24, 2.45) is 5.10 Å². The molecule has 1 N–H and O–H groups in total. The fraction of sp³-hybridized carbons (Fsp3) is 0.0435. The van der Waals surface area contributed by atoms with Crippen LogP contribution in [-0.2, 0) is 6.54 Å². The Morgan fingerprint density at radius 1 is 0.966 bits per heavy atom. The number of benzene rings is 3. The highest BCUT2D eigenvalue weighted by molar-refractivity contribution is 6.42. The molecule has 0 aliphatic rings. The van der Waals surface area contributed by atoms with Gasteiger partial charge in [0.05, 0.1) is 16.3 Å². The molecule has 0 aliphatic heterocycles. The van der Waals surface area contributed by atoms with Crippen LogP contribution in [-0.4, -0.2) is 16.7 Å². The topological polar surface area (TPSA) is 46.4 Å². The summed E-state index contributed by atoms with van der Waals surface area (Å²) in [6, 6.07) is 22.6. The first kappa shape index (κ1) is 19.2. The van der Waals surface area contributed by atoms with Gasteiger partial charge in [-0.25, -0.2) is 5.43 Å². The maximum Gasteiger partial charge on any atom is 0.271 e. The number of carbonyl (C=O) groups excluding carboxylic acids is 1. The SMILES string of the molecule is O=C(N/N=C\c1cn(Cc2ccc(Cl)c(Cl)c2)c2ccccc12)c1ccccc1. The number of hydrazone groups is 1. The van der Waals surface area contributed by atoms with Gasteiger partial charge in [0.15, 0.2) is 0 Å². The molecule has 144 valence electrons. The minimum atomic E-state index is -0.249. The zero-order valence-electron chi connectivity index (χ0n) is 15.3. The molecule has 4 nitrogen and oxygen atoms in total. The second-order valence-electron chi connectivity index (χ2n) is 6.54. The number of halogens is 2. The fourth-order valence-electron chi connectivity index (χ4n) is 3.16. The van der Waals surface area contributed by atoms with Gasteiger partial charge in [-0.1, -0.05) is 65.7 Å². The summed E-state index contributed by atoms with van der Waals surface area (Å²) >= 11 is 12.2. The van der Waals surface area contributed by atoms with Crippen LogP contribution in [0.1, 0.15) is 21.5 Å². The molecule has 0 spiro atoms. The highest BCUT2D eigenvalue weighted by Crippen LogP contribution is 2.25. The largest absolute Gasteiger partial charge is 0.342 e. The third-order valence-electron chi connectivity index (χ3n) is 4.56. The Balaban J connectivity index is 1.58. The Morgan fingerprint density at radius 3 is 2.52 bits per heavy atom. The lowest BCUT2D eigenvalue weighted by atomic mass is 10.2. The number of fused-ring (bicyclic) bond motifs is 1. The maximum absolute atomic E-state index is 12.2. The Bertz CT molecular complexity index is 1200. The van der Waals surface area contributed by atoms with Gasteiger partial charge in [0.2, 0.25) is 0 Å². The number of amides is 1. The van der Waals surface area contributed by atoms with Crippen molar-refractivity contribution in [3.05, 3.63) is 106 Å². The van der Waals surface area contributed by atoms with E-state index in [0.29, 0.717) is 22.2 Å². The van der Waals surface area contributed by atoms with Gasteiger partial charge in [0.25, 0.3) is 5.91 Å². The first-order valence-corrected chi connectivity index (χ1v) is 9.77. The molecule has 0 radical (unpaired) electrons. The van der Waals surface area contributed by atoms with E-state index in [-0.39, 0.29) is 5.91 Å². The molecule has 4 rings (SSSR count). The number of nitrogens with one attached hydrogen (secondary N) is 1. The highest BCUT2D eigenvalue weighted by Gasteiger charge is 2.09. The van der Waals surface area contributed by atoms with E-state index < -0.39 is 0 Å². The van der Waals surface area contributed by atoms with Gasteiger partial charge in [-0.15, -0.1) is 0 Å². The number of carbonyl (C=O) groups is 1. The summed E-state index contributed by atoms with van der Waals surface area (Å²) in [5.74, 6) is -0.249. The second kappa shape index (κ2) is 8.52. The van der Waals surface area contributed by atoms with Crippen LogP contribution in [0.25, 0.3) is 10.9 Å². The summed E-state index contributed by atoms with van der Waals surface area (Å²) in [5.41, 5.74) is 6.15. The van der Waals surface area contributed by atoms with E-state index in [0.717, 1.165) is 22.0 Å². The number of hydrogen-bond donors (Lipinski definition) is 1. The normalized spacial score (nSPS) is 11.2. The van der Waals surface area contributed by atoms with Crippen molar-refractivity contribution >= 4 is 46.2 Å². The van der Waals surface area contributed by atoms with Crippen molar-refractivity contribution in [3.63, 3.8) is 0 Å². The van der Waals surface area contributed by atoms with Gasteiger partial charge in [0, 0.05) is 34.8 Å². The van der Waals surface area contributed by atoms with Crippen molar-refractivity contribution in [1.82, 2.24) is 9.99 Å². The molecule has 0 saturated heterocycles. The summed E-state index contributed by atoms with van der Waals surface area (Å²) in [6.07, 6.45) is 3.67. The smallest absolute Gasteiger partial charge is 0.271 e. The molecule has 1 heterocycles. The van der Waals surface area contributed by atoms with Crippen LogP contribution in [0.2, 0.25) is 10.0 Å². The van der Waals surface area contributed by atoms with E-state index in [1.54, 1.807) is 24.4 Å². The number of rotatable bonds is 5. The average Bonchev–Trinajstić information content (AvgIpc) is 3.09. The van der Waals surface area contributed by atoms with E-state index in [1.807, 2.05) is 60.8 Å². The Kier molecular flexibility index (Phi) is 5.65. The molecule has 0 bridgehead atoms. The van der Waals surface area contributed by atoms with Crippen molar-refractivity contribution in [2.45, 2.75) is 6.54 Å². The minimum Gasteiger partial charge on any atom is -0.342 e. The van der Waals surface area contributed by atoms with E-state index in [9.17, 15) is 4.79 Å². The van der Waals surface area contributed by atoms with Crippen LogP contribution in [0.3, 0.4) is 0 Å². The minimum absolute atomic E-state index is 0.249. The standard InChI is InChI=1S/C23H17Cl2N3O/c24-20-11-10-16(12-21(20)25)14-28-15-18(19-8-4-5-9-22(19)28)13-26-27-23(29)17-6-2-1-3-7-17/h1-13,15H,14H2,(H,27,29)/b26-13-. The Labute approximate surface area is 178 Å². The molecule has 0 aliphatic carbocycles. The third-order valence-corrected chi connectivity index (χ3v) is 5.30. The average molecular weight is 422 g/mol. The molecule has 0 fully saturated rings. The predicted octanol–water partition coefficient (Wildman–Crippen LogP) is 5.76. The van der Waals surface area contributed by atoms with Crippen LogP contribution < -0.4 is 5.43 Å². The predicted molar refractivity (Wildman–Crippen MR) is 119 cm³/mol. The van der Waals surface area contributed by atoms with Crippen molar-refractivity contribution < 1.29 is 4.79 Å². The number of nitrogens with zero attached hydrogens (tertiary/aromatic N) is 2. The monoisotopic (exact) mass is 421 g/mol. The quantitative estimate of drug-likeness (QED) is 0.323. The van der Waals surface area contributed by atoms with Gasteiger partial charge in [0.1, 0.15) is 0 Å². The zero-order chi connectivity index (χ0) is 20.2. The molecular weight excluding hydrogens is 405 g/mol. The summed E-state index contributed by atoms with van der Waals surface area (Å²) in [6.45, 7) is 0.640. The number of aromatic nitrogens is 1. The first-order valence-electron chi connectivity index (χ1n) is 9.02. The number of para-hydroxylation sites is 1. The van der Waals surface area contributed by atoms with E-state index in [1.165, 1.54) is 0 Å². The van der Waals surface area contributed by atoms with Crippen LogP contribution in [0, 0.1) is 0 Å². The van der Waals surface area contributed by atoms with E-state index in [2.05, 4.69) is 15.1 Å². The molecule has 6 heteroatoms. The lowest BCUT2D eigenvalue weighted by molar-refractivity contribution is 0.0955. The molecule has 0 unspecified atom stereocenters. The molecular formula is C23H17Cl2N3O. The fourth-order valence-corrected chi connectivity index (χ4v) is 3.48. The molecule has 1 aromatic heterocycles. The van der Waals surface area contributed by atoms with Gasteiger partial charge in [-0.2, -0.15) is 5.10 Å². The third kappa shape index (κ3) is 4.34. The summed E-state index contributed by atoms with van der Waals surface area (Å²) < 4.78 is 2.12. The molecule has 0 atom stereocenters. The second-order valence-corrected chi connectivity index (χ2v) is 7.36. The molecule has 29 heavy (non-hydrogen) atoms. The Morgan fingerprint density at radius 2 is 1.72 bits per heavy atom. The first-order chi connectivity index (χ1) is 14.1. The number of hydrogen-bond acceptors (Lipinski definition) is 2. The summed E-state index contributed by atoms with van der Waals surface area (Å²) in [7, 11) is 0. The molecule has 0 saturated carbocycles. The maximum atomic E-state index is 12.2. The van der Waals surface area contributed by atoms with Crippen LogP contribution in [0.5, 0.6) is 0 Å². The Hall–Kier alpha value is -3.08. The van der Waals surface area contributed by atoms with Gasteiger partial charge in [-0.05, 0) is 35.9 Å². The van der Waals surface area contributed by atoms with Crippen molar-refractivity contribution in [1.29, 1.82) is 0 Å². The zero-order valence-corrected chi connectivity index (χ0v) is 16.9. The molecule has 1 amide bonds. The lowest BCUT2D eigenvalue weighted by Crippen LogP contribution is -2.17. The van der Waals surface area contributed by atoms with Gasteiger partial charge < -0.3 is 4.57 Å². The van der Waals surface area contributed by atoms with Crippen molar-refractivity contribution in [3.8, 4) is 0 Å². The van der Waals surface area contributed by atoms with Gasteiger partial charge >= 0.3 is 0 Å². The van der Waals surface area contributed by atoms with Crippen LogP contribution in [0.4, 0.5) is 0 Å². The molecule has 4 aromatic rings. The lowest BCUT2D eigenvalue weighted by Gasteiger charge is -2.06. The van der Waals surface area contributed by atoms with E-state index >= 15 is 0 Å². The van der Waals surface area contributed by atoms with E-state index in [4.69, 9.17) is 23.2 Å². The summed E-state index contributed by atoms with van der Waals surface area (Å²) in [4.78, 5) is 12.2.